The summed E-state index contributed by atoms with van der Waals surface area (Å²) >= 11 is 0. The third-order valence-corrected chi connectivity index (χ3v) is 5.73. The molecule has 11 heteroatoms. The summed E-state index contributed by atoms with van der Waals surface area (Å²) in [4.78, 5) is 24.1. The van der Waals surface area contributed by atoms with Gasteiger partial charge in [0.2, 0.25) is 11.9 Å². The molecule has 0 saturated carbocycles. The van der Waals surface area contributed by atoms with Crippen LogP contribution in [0.25, 0.3) is 6.08 Å². The first-order valence-electron chi connectivity index (χ1n) is 11.1. The number of carbonyl (C=O) groups excluding carboxylic acids is 1. The maximum absolute atomic E-state index is 12.8. The zero-order valence-corrected chi connectivity index (χ0v) is 18.4. The summed E-state index contributed by atoms with van der Waals surface area (Å²) in [5.41, 5.74) is 1.32. The zero-order valence-electron chi connectivity index (χ0n) is 18.4. The van der Waals surface area contributed by atoms with Gasteiger partial charge in [-0.15, -0.1) is 0 Å². The van der Waals surface area contributed by atoms with Gasteiger partial charge in [0.1, 0.15) is 17.7 Å². The van der Waals surface area contributed by atoms with E-state index < -0.39 is 11.7 Å². The van der Waals surface area contributed by atoms with Crippen LogP contribution in [0.5, 0.6) is 5.75 Å². The van der Waals surface area contributed by atoms with Crippen LogP contribution in [-0.2, 0) is 22.1 Å². The standard InChI is InChI=1S/C24H22F3N5O3/c25-24(26,27)15-1-3-16(4-2-15)29-23-30-19-6-5-17(11-20(19)31-23)35-18-7-9-28-21(12-18)32-22(33)14-8-10-34-13-14/h1-7,9,12,14,17H,8,10-11,13H2,(H,28,32,33)(H2,29,30,31). The average Bonchev–Trinajstić information content (AvgIpc) is 3.49. The molecular formula is C24H22F3N5O3. The van der Waals surface area contributed by atoms with E-state index in [2.05, 4.69) is 25.6 Å². The number of alkyl halides is 3. The van der Waals surface area contributed by atoms with Crippen LogP contribution in [0.3, 0.4) is 0 Å². The van der Waals surface area contributed by atoms with Crippen molar-refractivity contribution in [1.82, 2.24) is 15.0 Å². The summed E-state index contributed by atoms with van der Waals surface area (Å²) in [6, 6.07) is 8.12. The van der Waals surface area contributed by atoms with Crippen molar-refractivity contribution in [2.75, 3.05) is 23.8 Å². The Labute approximate surface area is 198 Å². The molecule has 0 bridgehead atoms. The first-order valence-corrected chi connectivity index (χ1v) is 11.1. The Morgan fingerprint density at radius 2 is 2.03 bits per heavy atom. The molecule has 3 heterocycles. The quantitative estimate of drug-likeness (QED) is 0.473. The van der Waals surface area contributed by atoms with Crippen molar-refractivity contribution < 1.29 is 27.4 Å². The maximum atomic E-state index is 12.8. The van der Waals surface area contributed by atoms with E-state index in [1.807, 2.05) is 12.2 Å². The van der Waals surface area contributed by atoms with E-state index in [0.29, 0.717) is 49.3 Å². The fourth-order valence-corrected chi connectivity index (χ4v) is 3.90. The van der Waals surface area contributed by atoms with E-state index in [-0.39, 0.29) is 17.9 Å². The lowest BCUT2D eigenvalue weighted by Crippen LogP contribution is -2.23. The van der Waals surface area contributed by atoms with E-state index >= 15 is 0 Å². The van der Waals surface area contributed by atoms with Crippen molar-refractivity contribution >= 4 is 29.4 Å². The fraction of sp³-hybridized carbons (Fsp3) is 0.292. The Morgan fingerprint density at radius 3 is 2.77 bits per heavy atom. The number of pyridine rings is 1. The number of anilines is 3. The Balaban J connectivity index is 1.20. The van der Waals surface area contributed by atoms with Gasteiger partial charge in [-0.2, -0.15) is 13.2 Å². The molecule has 2 aliphatic rings. The monoisotopic (exact) mass is 485 g/mol. The Bertz CT molecular complexity index is 1230. The summed E-state index contributed by atoms with van der Waals surface area (Å²) in [5, 5.41) is 5.79. The number of fused-ring (bicyclic) bond motifs is 1. The number of amides is 1. The Kier molecular flexibility index (Phi) is 6.16. The third kappa shape index (κ3) is 5.46. The van der Waals surface area contributed by atoms with Crippen LogP contribution in [0, 0.1) is 5.92 Å². The number of aromatic nitrogens is 3. The van der Waals surface area contributed by atoms with Crippen LogP contribution in [0.15, 0.2) is 48.7 Å². The van der Waals surface area contributed by atoms with Gasteiger partial charge in [-0.25, -0.2) is 9.97 Å². The van der Waals surface area contributed by atoms with E-state index in [1.165, 1.54) is 12.1 Å². The highest BCUT2D eigenvalue weighted by Crippen LogP contribution is 2.31. The van der Waals surface area contributed by atoms with Crippen LogP contribution in [-0.4, -0.2) is 40.2 Å². The number of ether oxygens (including phenoxy) is 2. The second-order valence-corrected chi connectivity index (χ2v) is 8.30. The molecule has 182 valence electrons. The molecule has 2 atom stereocenters. The van der Waals surface area contributed by atoms with E-state index in [4.69, 9.17) is 9.47 Å². The van der Waals surface area contributed by atoms with Crippen molar-refractivity contribution in [3.8, 4) is 5.75 Å². The number of carbonyl (C=O) groups is 1. The molecular weight excluding hydrogens is 463 g/mol. The first kappa shape index (κ1) is 22.9. The number of rotatable bonds is 6. The van der Waals surface area contributed by atoms with E-state index in [1.54, 1.807) is 18.3 Å². The van der Waals surface area contributed by atoms with Gasteiger partial charge in [-0.05, 0) is 48.9 Å². The third-order valence-electron chi connectivity index (χ3n) is 5.73. The zero-order chi connectivity index (χ0) is 24.4. The lowest BCUT2D eigenvalue weighted by molar-refractivity contribution is -0.137. The topological polar surface area (TPSA) is 101 Å². The van der Waals surface area contributed by atoms with E-state index in [9.17, 15) is 18.0 Å². The van der Waals surface area contributed by atoms with Gasteiger partial charge in [0.05, 0.1) is 23.8 Å². The molecule has 1 saturated heterocycles. The van der Waals surface area contributed by atoms with Gasteiger partial charge in [0, 0.05) is 36.7 Å². The molecule has 0 spiro atoms. The number of hydrogen-bond acceptors (Lipinski definition) is 6. The summed E-state index contributed by atoms with van der Waals surface area (Å²) in [6.07, 6.45) is 1.80. The molecule has 2 aromatic heterocycles. The second kappa shape index (κ2) is 9.41. The molecule has 3 aromatic rings. The first-order chi connectivity index (χ1) is 16.8. The second-order valence-electron chi connectivity index (χ2n) is 8.30. The molecule has 1 amide bonds. The van der Waals surface area contributed by atoms with Gasteiger partial charge in [-0.1, -0.05) is 0 Å². The van der Waals surface area contributed by atoms with Gasteiger partial charge in [0.25, 0.3) is 0 Å². The molecule has 1 aromatic carbocycles. The summed E-state index contributed by atoms with van der Waals surface area (Å²) < 4.78 is 49.6. The molecule has 1 aliphatic carbocycles. The summed E-state index contributed by atoms with van der Waals surface area (Å²) in [7, 11) is 0. The van der Waals surface area contributed by atoms with Crippen LogP contribution >= 0.6 is 0 Å². The van der Waals surface area contributed by atoms with Crippen LogP contribution in [0.4, 0.5) is 30.6 Å². The van der Waals surface area contributed by atoms with Crippen LogP contribution < -0.4 is 15.4 Å². The van der Waals surface area contributed by atoms with Crippen molar-refractivity contribution in [2.45, 2.75) is 25.1 Å². The number of benzene rings is 1. The summed E-state index contributed by atoms with van der Waals surface area (Å²) in [5.74, 6) is 1.08. The highest BCUT2D eigenvalue weighted by Gasteiger charge is 2.30. The Hall–Kier alpha value is -3.86. The number of nitrogens with one attached hydrogen (secondary N) is 3. The Morgan fingerprint density at radius 1 is 1.20 bits per heavy atom. The lowest BCUT2D eigenvalue weighted by atomic mass is 10.1. The molecule has 5 rings (SSSR count). The number of H-pyrrole nitrogens is 1. The number of halogens is 3. The highest BCUT2D eigenvalue weighted by atomic mass is 19.4. The predicted octanol–water partition coefficient (Wildman–Crippen LogP) is 4.56. The number of imidazole rings is 1. The fourth-order valence-electron chi connectivity index (χ4n) is 3.90. The average molecular weight is 485 g/mol. The number of aromatic amines is 1. The van der Waals surface area contributed by atoms with Gasteiger partial charge < -0.3 is 25.1 Å². The van der Waals surface area contributed by atoms with Gasteiger partial charge in [0.15, 0.2) is 0 Å². The van der Waals surface area contributed by atoms with Crippen molar-refractivity contribution in [3.63, 3.8) is 0 Å². The largest absolute Gasteiger partial charge is 0.486 e. The maximum Gasteiger partial charge on any atom is 0.416 e. The number of hydrogen-bond donors (Lipinski definition) is 3. The molecule has 3 N–H and O–H groups in total. The summed E-state index contributed by atoms with van der Waals surface area (Å²) in [6.45, 7) is 0.997. The van der Waals surface area contributed by atoms with Crippen molar-refractivity contribution in [3.05, 3.63) is 65.6 Å². The number of nitrogens with zero attached hydrogens (tertiary/aromatic N) is 2. The molecule has 1 aliphatic heterocycles. The smallest absolute Gasteiger partial charge is 0.416 e. The van der Waals surface area contributed by atoms with E-state index in [0.717, 1.165) is 23.5 Å². The minimum absolute atomic E-state index is 0.125. The highest BCUT2D eigenvalue weighted by molar-refractivity contribution is 5.92. The normalized spacial score (nSPS) is 19.3. The van der Waals surface area contributed by atoms with Crippen LogP contribution in [0.1, 0.15) is 23.4 Å². The van der Waals surface area contributed by atoms with Crippen LogP contribution in [0.2, 0.25) is 0 Å². The molecule has 1 fully saturated rings. The van der Waals surface area contributed by atoms with Gasteiger partial charge >= 0.3 is 6.18 Å². The molecule has 0 radical (unpaired) electrons. The van der Waals surface area contributed by atoms with Gasteiger partial charge in [-0.3, -0.25) is 4.79 Å². The minimum atomic E-state index is -4.38. The molecule has 2 unspecified atom stereocenters. The predicted molar refractivity (Wildman–Crippen MR) is 122 cm³/mol. The van der Waals surface area contributed by atoms with Crippen molar-refractivity contribution in [2.24, 2.45) is 5.92 Å². The molecule has 35 heavy (non-hydrogen) atoms. The SMILES string of the molecule is O=C(Nc1cc(OC2C=Cc3nc(Nc4ccc(C(F)(F)F)cc4)[nH]c3C2)ccn1)C1CCOC1. The van der Waals surface area contributed by atoms with Crippen molar-refractivity contribution in [1.29, 1.82) is 0 Å². The lowest BCUT2D eigenvalue weighted by Gasteiger charge is -2.18. The minimum Gasteiger partial charge on any atom is -0.486 e. The molecule has 8 nitrogen and oxygen atoms in total.